The van der Waals surface area contributed by atoms with E-state index in [1.807, 2.05) is 6.07 Å². The molecule has 1 aliphatic heterocycles. The Bertz CT molecular complexity index is 348. The molecule has 1 aliphatic rings. The van der Waals surface area contributed by atoms with Gasteiger partial charge in [0.05, 0.1) is 6.61 Å². The monoisotopic (exact) mass is 237 g/mol. The summed E-state index contributed by atoms with van der Waals surface area (Å²) >= 11 is 0. The van der Waals surface area contributed by atoms with Crippen LogP contribution in [0.15, 0.2) is 24.3 Å². The minimum absolute atomic E-state index is 0.0746. The third-order valence-electron chi connectivity index (χ3n) is 3.66. The summed E-state index contributed by atoms with van der Waals surface area (Å²) in [6, 6.07) is 6.65. The van der Waals surface area contributed by atoms with Gasteiger partial charge in [0, 0.05) is 5.92 Å². The van der Waals surface area contributed by atoms with Crippen LogP contribution in [0.5, 0.6) is 0 Å². The summed E-state index contributed by atoms with van der Waals surface area (Å²) in [5.41, 5.74) is 0.930. The van der Waals surface area contributed by atoms with Gasteiger partial charge >= 0.3 is 0 Å². The average Bonchev–Trinajstić information content (AvgIpc) is 2.59. The lowest BCUT2D eigenvalue weighted by Gasteiger charge is -2.24. The molecular formula is C14H20FNO. The molecule has 0 aromatic heterocycles. The number of hydrogen-bond acceptors (Lipinski definition) is 2. The van der Waals surface area contributed by atoms with E-state index in [9.17, 15) is 9.50 Å². The third-order valence-corrected chi connectivity index (χ3v) is 3.66. The van der Waals surface area contributed by atoms with Crippen molar-refractivity contribution < 1.29 is 9.50 Å². The van der Waals surface area contributed by atoms with Crippen LogP contribution in [0.2, 0.25) is 0 Å². The van der Waals surface area contributed by atoms with Gasteiger partial charge in [-0.3, -0.25) is 0 Å². The van der Waals surface area contributed by atoms with Gasteiger partial charge in [-0.1, -0.05) is 12.1 Å². The van der Waals surface area contributed by atoms with Crippen LogP contribution >= 0.6 is 0 Å². The Hall–Kier alpha value is -0.930. The van der Waals surface area contributed by atoms with E-state index in [1.54, 1.807) is 12.1 Å². The molecule has 2 N–H and O–H groups in total. The first kappa shape index (κ1) is 12.5. The van der Waals surface area contributed by atoms with Crippen molar-refractivity contribution in [2.45, 2.75) is 25.2 Å². The second kappa shape index (κ2) is 6.12. The first-order valence-corrected chi connectivity index (χ1v) is 6.38. The molecule has 0 bridgehead atoms. The molecule has 1 aromatic carbocycles. The summed E-state index contributed by atoms with van der Waals surface area (Å²) in [5, 5.41) is 12.9. The lowest BCUT2D eigenvalue weighted by Crippen LogP contribution is -2.19. The molecule has 0 amide bonds. The van der Waals surface area contributed by atoms with Gasteiger partial charge in [0.15, 0.2) is 0 Å². The fourth-order valence-corrected chi connectivity index (χ4v) is 2.71. The van der Waals surface area contributed by atoms with E-state index < -0.39 is 0 Å². The first-order valence-electron chi connectivity index (χ1n) is 6.38. The maximum Gasteiger partial charge on any atom is 0.123 e. The zero-order valence-corrected chi connectivity index (χ0v) is 10.0. The summed E-state index contributed by atoms with van der Waals surface area (Å²) in [4.78, 5) is 0. The number of rotatable bonds is 3. The Morgan fingerprint density at radius 3 is 3.00 bits per heavy atom. The molecule has 3 heteroatoms. The van der Waals surface area contributed by atoms with E-state index in [0.717, 1.165) is 37.9 Å². The first-order chi connectivity index (χ1) is 8.31. The van der Waals surface area contributed by atoms with E-state index in [4.69, 9.17) is 0 Å². The molecule has 1 fully saturated rings. The Morgan fingerprint density at radius 1 is 1.35 bits per heavy atom. The fraction of sp³-hybridized carbons (Fsp3) is 0.571. The smallest absolute Gasteiger partial charge is 0.123 e. The van der Waals surface area contributed by atoms with E-state index in [2.05, 4.69) is 5.32 Å². The van der Waals surface area contributed by atoms with Crippen molar-refractivity contribution in [2.24, 2.45) is 5.92 Å². The predicted octanol–water partition coefficient (Wildman–Crippen LogP) is 2.29. The minimum atomic E-state index is -0.215. The molecule has 0 spiro atoms. The van der Waals surface area contributed by atoms with Crippen LogP contribution in [0, 0.1) is 11.7 Å². The lowest BCUT2D eigenvalue weighted by molar-refractivity contribution is 0.215. The molecular weight excluding hydrogens is 217 g/mol. The van der Waals surface area contributed by atoms with Gasteiger partial charge in [-0.25, -0.2) is 4.39 Å². The van der Waals surface area contributed by atoms with Crippen LogP contribution in [-0.4, -0.2) is 24.8 Å². The fourth-order valence-electron chi connectivity index (χ4n) is 2.71. The molecule has 0 aliphatic carbocycles. The van der Waals surface area contributed by atoms with Crippen LogP contribution in [-0.2, 0) is 0 Å². The van der Waals surface area contributed by atoms with Gasteiger partial charge in [-0.2, -0.15) is 0 Å². The number of hydrogen-bond donors (Lipinski definition) is 2. The molecule has 17 heavy (non-hydrogen) atoms. The Kier molecular flexibility index (Phi) is 4.51. The average molecular weight is 237 g/mol. The zero-order valence-electron chi connectivity index (χ0n) is 10.0. The number of benzene rings is 1. The molecule has 0 saturated carbocycles. The van der Waals surface area contributed by atoms with Crippen molar-refractivity contribution in [1.29, 1.82) is 0 Å². The molecule has 94 valence electrons. The molecule has 1 aromatic rings. The molecule has 2 unspecified atom stereocenters. The largest absolute Gasteiger partial charge is 0.396 e. The molecule has 0 radical (unpaired) electrons. The Balaban J connectivity index is 2.14. The zero-order chi connectivity index (χ0) is 12.1. The van der Waals surface area contributed by atoms with Crippen LogP contribution in [0.3, 0.4) is 0 Å². The molecule has 1 heterocycles. The quantitative estimate of drug-likeness (QED) is 0.845. The highest BCUT2D eigenvalue weighted by atomic mass is 19.1. The van der Waals surface area contributed by atoms with Crippen LogP contribution < -0.4 is 5.32 Å². The minimum Gasteiger partial charge on any atom is -0.396 e. The second-order valence-corrected chi connectivity index (χ2v) is 4.79. The molecule has 2 rings (SSSR count). The van der Waals surface area contributed by atoms with Gasteiger partial charge in [0.1, 0.15) is 5.82 Å². The predicted molar refractivity (Wildman–Crippen MR) is 66.4 cm³/mol. The van der Waals surface area contributed by atoms with Gasteiger partial charge in [-0.15, -0.1) is 0 Å². The van der Waals surface area contributed by atoms with Crippen molar-refractivity contribution in [3.05, 3.63) is 35.6 Å². The van der Waals surface area contributed by atoms with Gasteiger partial charge in [0.2, 0.25) is 0 Å². The van der Waals surface area contributed by atoms with Crippen molar-refractivity contribution in [3.63, 3.8) is 0 Å². The van der Waals surface area contributed by atoms with E-state index in [0.29, 0.717) is 5.92 Å². The van der Waals surface area contributed by atoms with Crippen molar-refractivity contribution in [3.8, 4) is 0 Å². The third kappa shape index (κ3) is 3.27. The molecule has 2 nitrogen and oxygen atoms in total. The van der Waals surface area contributed by atoms with Crippen LogP contribution in [0.1, 0.15) is 30.7 Å². The van der Waals surface area contributed by atoms with Crippen LogP contribution in [0.4, 0.5) is 4.39 Å². The highest BCUT2D eigenvalue weighted by Gasteiger charge is 2.23. The summed E-state index contributed by atoms with van der Waals surface area (Å²) in [7, 11) is 0. The topological polar surface area (TPSA) is 32.3 Å². The summed E-state index contributed by atoms with van der Waals surface area (Å²) < 4.78 is 13.2. The molecule has 2 atom stereocenters. The van der Waals surface area contributed by atoms with E-state index >= 15 is 0 Å². The van der Waals surface area contributed by atoms with Crippen LogP contribution in [0.25, 0.3) is 0 Å². The standard InChI is InChI=1S/C14H20FNO/c15-13-5-1-3-12(9-13)14(10-17)11-4-2-7-16-8-6-11/h1,3,5,9,11,14,16-17H,2,4,6-8,10H2. The van der Waals surface area contributed by atoms with Crippen molar-refractivity contribution in [1.82, 2.24) is 5.32 Å². The maximum absolute atomic E-state index is 13.2. The normalized spacial score (nSPS) is 23.1. The highest BCUT2D eigenvalue weighted by Crippen LogP contribution is 2.31. The van der Waals surface area contributed by atoms with Gasteiger partial charge < -0.3 is 10.4 Å². The number of aliphatic hydroxyl groups is 1. The SMILES string of the molecule is OCC(c1cccc(F)c1)C1CCCNCC1. The molecule has 1 saturated heterocycles. The second-order valence-electron chi connectivity index (χ2n) is 4.79. The Morgan fingerprint density at radius 2 is 2.24 bits per heavy atom. The summed E-state index contributed by atoms with van der Waals surface area (Å²) in [6.07, 6.45) is 3.30. The van der Waals surface area contributed by atoms with E-state index in [1.165, 1.54) is 6.07 Å². The number of aliphatic hydroxyl groups excluding tert-OH is 1. The highest BCUT2D eigenvalue weighted by molar-refractivity contribution is 5.21. The van der Waals surface area contributed by atoms with Crippen molar-refractivity contribution >= 4 is 0 Å². The van der Waals surface area contributed by atoms with Gasteiger partial charge in [0.25, 0.3) is 0 Å². The number of nitrogens with one attached hydrogen (secondary N) is 1. The van der Waals surface area contributed by atoms with Gasteiger partial charge in [-0.05, 0) is 56.0 Å². The van der Waals surface area contributed by atoms with Crippen molar-refractivity contribution in [2.75, 3.05) is 19.7 Å². The maximum atomic E-state index is 13.2. The summed E-state index contributed by atoms with van der Waals surface area (Å²) in [5.74, 6) is 0.315. The van der Waals surface area contributed by atoms with E-state index in [-0.39, 0.29) is 18.3 Å². The summed E-state index contributed by atoms with van der Waals surface area (Å²) in [6.45, 7) is 2.16. The Labute approximate surface area is 102 Å². The number of halogens is 1. The lowest BCUT2D eigenvalue weighted by atomic mass is 9.82.